The van der Waals surface area contributed by atoms with Gasteiger partial charge in [0.25, 0.3) is 0 Å². The second-order valence-corrected chi connectivity index (χ2v) is 5.44. The maximum atomic E-state index is 11.8. The van der Waals surface area contributed by atoms with Crippen molar-refractivity contribution < 1.29 is 14.7 Å². The van der Waals surface area contributed by atoms with E-state index in [0.717, 1.165) is 10.0 Å². The Bertz CT molecular complexity index is 445. The van der Waals surface area contributed by atoms with Gasteiger partial charge in [0.15, 0.2) is 0 Å². The van der Waals surface area contributed by atoms with E-state index in [9.17, 15) is 9.59 Å². The zero-order valence-electron chi connectivity index (χ0n) is 11.0. The highest BCUT2D eigenvalue weighted by Crippen LogP contribution is 2.21. The SMILES string of the molecule is CC[C@@H](NC(=O)CC(C)c1ccc(Br)cc1)C(=O)O. The van der Waals surface area contributed by atoms with Crippen LogP contribution >= 0.6 is 15.9 Å². The van der Waals surface area contributed by atoms with Crippen LogP contribution in [0.5, 0.6) is 0 Å². The van der Waals surface area contributed by atoms with Crippen LogP contribution in [0.15, 0.2) is 28.7 Å². The lowest BCUT2D eigenvalue weighted by atomic mass is 9.97. The number of hydrogen-bond acceptors (Lipinski definition) is 2. The fourth-order valence-electron chi connectivity index (χ4n) is 1.78. The highest BCUT2D eigenvalue weighted by molar-refractivity contribution is 9.10. The topological polar surface area (TPSA) is 66.4 Å². The molecule has 1 rings (SSSR count). The molecule has 0 saturated heterocycles. The number of amides is 1. The molecule has 19 heavy (non-hydrogen) atoms. The molecule has 0 aliphatic rings. The van der Waals surface area contributed by atoms with Gasteiger partial charge in [-0.25, -0.2) is 4.79 Å². The summed E-state index contributed by atoms with van der Waals surface area (Å²) in [5, 5.41) is 11.4. The Morgan fingerprint density at radius 1 is 1.32 bits per heavy atom. The average Bonchev–Trinajstić information content (AvgIpc) is 2.36. The largest absolute Gasteiger partial charge is 0.480 e. The molecule has 0 aliphatic heterocycles. The summed E-state index contributed by atoms with van der Waals surface area (Å²) in [6, 6.07) is 6.96. The molecule has 0 radical (unpaired) electrons. The third-order valence-electron chi connectivity index (χ3n) is 2.97. The molecule has 0 fully saturated rings. The summed E-state index contributed by atoms with van der Waals surface area (Å²) in [5.74, 6) is -1.17. The van der Waals surface area contributed by atoms with Crippen molar-refractivity contribution in [1.29, 1.82) is 0 Å². The van der Waals surface area contributed by atoms with Crippen molar-refractivity contribution >= 4 is 27.8 Å². The summed E-state index contributed by atoms with van der Waals surface area (Å²) in [4.78, 5) is 22.6. The van der Waals surface area contributed by atoms with E-state index in [2.05, 4.69) is 21.2 Å². The Kier molecular flexibility index (Phi) is 6.02. The standard InChI is InChI=1S/C14H18BrNO3/c1-3-12(14(18)19)16-13(17)8-9(2)10-4-6-11(15)7-5-10/h4-7,9,12H,3,8H2,1-2H3,(H,16,17)(H,18,19)/t9?,12-/m1/s1. The van der Waals surface area contributed by atoms with Crippen LogP contribution in [0.2, 0.25) is 0 Å². The maximum Gasteiger partial charge on any atom is 0.326 e. The molecule has 2 N–H and O–H groups in total. The van der Waals surface area contributed by atoms with Gasteiger partial charge >= 0.3 is 5.97 Å². The van der Waals surface area contributed by atoms with Gasteiger partial charge in [0.2, 0.25) is 5.91 Å². The molecule has 1 amide bonds. The first-order valence-electron chi connectivity index (χ1n) is 6.21. The zero-order valence-corrected chi connectivity index (χ0v) is 12.6. The third-order valence-corrected chi connectivity index (χ3v) is 3.50. The van der Waals surface area contributed by atoms with Crippen molar-refractivity contribution in [2.75, 3.05) is 0 Å². The Labute approximate surface area is 121 Å². The van der Waals surface area contributed by atoms with Crippen LogP contribution in [0, 0.1) is 0 Å². The molecular weight excluding hydrogens is 310 g/mol. The molecule has 1 aromatic rings. The molecule has 0 bridgehead atoms. The summed E-state index contributed by atoms with van der Waals surface area (Å²) in [6.07, 6.45) is 0.666. The number of carboxylic acid groups (broad SMARTS) is 1. The lowest BCUT2D eigenvalue weighted by Crippen LogP contribution is -2.40. The number of nitrogens with one attached hydrogen (secondary N) is 1. The Balaban J connectivity index is 2.56. The number of halogens is 1. The molecule has 0 spiro atoms. The molecular formula is C14H18BrNO3. The molecule has 0 saturated carbocycles. The van der Waals surface area contributed by atoms with Crippen LogP contribution in [-0.4, -0.2) is 23.0 Å². The molecule has 0 aromatic heterocycles. The van der Waals surface area contributed by atoms with Crippen molar-refractivity contribution in [2.45, 2.75) is 38.6 Å². The Hall–Kier alpha value is -1.36. The van der Waals surface area contributed by atoms with Gasteiger partial charge in [0.1, 0.15) is 6.04 Å². The summed E-state index contributed by atoms with van der Waals surface area (Å²) < 4.78 is 0.991. The van der Waals surface area contributed by atoms with E-state index in [-0.39, 0.29) is 18.2 Å². The Morgan fingerprint density at radius 3 is 2.37 bits per heavy atom. The van der Waals surface area contributed by atoms with Gasteiger partial charge in [-0.05, 0) is 30.0 Å². The Morgan fingerprint density at radius 2 is 1.89 bits per heavy atom. The van der Waals surface area contributed by atoms with Crippen LogP contribution in [-0.2, 0) is 9.59 Å². The smallest absolute Gasteiger partial charge is 0.326 e. The first-order chi connectivity index (χ1) is 8.93. The number of carbonyl (C=O) groups excluding carboxylic acids is 1. The van der Waals surface area contributed by atoms with Crippen LogP contribution in [0.4, 0.5) is 0 Å². The average molecular weight is 328 g/mol. The van der Waals surface area contributed by atoms with Gasteiger partial charge in [-0.2, -0.15) is 0 Å². The summed E-state index contributed by atoms with van der Waals surface area (Å²) >= 11 is 3.36. The van der Waals surface area contributed by atoms with Crippen molar-refractivity contribution in [1.82, 2.24) is 5.32 Å². The molecule has 104 valence electrons. The van der Waals surface area contributed by atoms with Crippen molar-refractivity contribution in [3.8, 4) is 0 Å². The van der Waals surface area contributed by atoms with Crippen LogP contribution in [0.1, 0.15) is 38.2 Å². The first kappa shape index (κ1) is 15.7. The lowest BCUT2D eigenvalue weighted by molar-refractivity contribution is -0.141. The van der Waals surface area contributed by atoms with Crippen molar-refractivity contribution in [2.24, 2.45) is 0 Å². The summed E-state index contributed by atoms with van der Waals surface area (Å²) in [7, 11) is 0. The zero-order chi connectivity index (χ0) is 14.4. The second kappa shape index (κ2) is 7.28. The molecule has 0 heterocycles. The minimum atomic E-state index is -0.993. The number of rotatable bonds is 6. The normalized spacial score (nSPS) is 13.6. The lowest BCUT2D eigenvalue weighted by Gasteiger charge is -2.15. The van der Waals surface area contributed by atoms with E-state index in [4.69, 9.17) is 5.11 Å². The molecule has 4 nitrogen and oxygen atoms in total. The third kappa shape index (κ3) is 5.03. The monoisotopic (exact) mass is 327 g/mol. The van der Waals surface area contributed by atoms with Gasteiger partial charge in [0.05, 0.1) is 0 Å². The molecule has 5 heteroatoms. The van der Waals surface area contributed by atoms with Gasteiger partial charge in [-0.15, -0.1) is 0 Å². The molecule has 0 aliphatic carbocycles. The minimum Gasteiger partial charge on any atom is -0.480 e. The van der Waals surface area contributed by atoms with Crippen LogP contribution in [0.25, 0.3) is 0 Å². The summed E-state index contributed by atoms with van der Waals surface area (Å²) in [5.41, 5.74) is 1.06. The number of carboxylic acids is 1. The number of benzene rings is 1. The number of aliphatic carboxylic acids is 1. The van der Waals surface area contributed by atoms with Crippen LogP contribution in [0.3, 0.4) is 0 Å². The van der Waals surface area contributed by atoms with Gasteiger partial charge < -0.3 is 10.4 Å². The van der Waals surface area contributed by atoms with Gasteiger partial charge in [-0.1, -0.05) is 41.9 Å². The van der Waals surface area contributed by atoms with Crippen LogP contribution < -0.4 is 5.32 Å². The van der Waals surface area contributed by atoms with E-state index in [1.54, 1.807) is 6.92 Å². The fraction of sp³-hybridized carbons (Fsp3) is 0.429. The highest BCUT2D eigenvalue weighted by atomic mass is 79.9. The maximum absolute atomic E-state index is 11.8. The molecule has 1 aromatic carbocycles. The highest BCUT2D eigenvalue weighted by Gasteiger charge is 2.19. The van der Waals surface area contributed by atoms with E-state index >= 15 is 0 Å². The van der Waals surface area contributed by atoms with Gasteiger partial charge in [0, 0.05) is 10.9 Å². The van der Waals surface area contributed by atoms with Crippen molar-refractivity contribution in [3.05, 3.63) is 34.3 Å². The molecule has 2 atom stereocenters. The fourth-order valence-corrected chi connectivity index (χ4v) is 2.04. The van der Waals surface area contributed by atoms with E-state index in [0.29, 0.717) is 6.42 Å². The predicted molar refractivity (Wildman–Crippen MR) is 77.0 cm³/mol. The van der Waals surface area contributed by atoms with E-state index in [1.165, 1.54) is 0 Å². The minimum absolute atomic E-state index is 0.0550. The number of hydrogen-bond donors (Lipinski definition) is 2. The quantitative estimate of drug-likeness (QED) is 0.844. The van der Waals surface area contributed by atoms with Crippen molar-refractivity contribution in [3.63, 3.8) is 0 Å². The molecule has 1 unspecified atom stereocenters. The second-order valence-electron chi connectivity index (χ2n) is 4.52. The summed E-state index contributed by atoms with van der Waals surface area (Å²) in [6.45, 7) is 3.68. The van der Waals surface area contributed by atoms with E-state index in [1.807, 2.05) is 31.2 Å². The van der Waals surface area contributed by atoms with Gasteiger partial charge in [-0.3, -0.25) is 4.79 Å². The number of carbonyl (C=O) groups is 2. The predicted octanol–water partition coefficient (Wildman–Crippen LogP) is 2.92. The van der Waals surface area contributed by atoms with E-state index < -0.39 is 12.0 Å². The first-order valence-corrected chi connectivity index (χ1v) is 7.01.